The number of rotatable bonds is 5. The molecular weight excluding hydrogens is 272 g/mol. The summed E-state index contributed by atoms with van der Waals surface area (Å²) in [5, 5.41) is 19.9. The average Bonchev–Trinajstić information content (AvgIpc) is 2.37. The lowest BCUT2D eigenvalue weighted by atomic mass is 10.0. The van der Waals surface area contributed by atoms with E-state index in [1.54, 1.807) is 13.0 Å². The zero-order valence-corrected chi connectivity index (χ0v) is 10.9. The molecule has 1 aromatic carbocycles. The van der Waals surface area contributed by atoms with E-state index in [1.165, 1.54) is 12.1 Å². The van der Waals surface area contributed by atoms with Crippen molar-refractivity contribution in [3.05, 3.63) is 38.9 Å². The zero-order chi connectivity index (χ0) is 14.4. The Morgan fingerprint density at radius 2 is 2.26 bits per heavy atom. The molecule has 0 aliphatic rings. The van der Waals surface area contributed by atoms with Crippen molar-refractivity contribution < 1.29 is 14.5 Å². The smallest absolute Gasteiger partial charge is 0.310 e. The number of hydrogen-bond acceptors (Lipinski definition) is 5. The highest BCUT2D eigenvalue weighted by molar-refractivity contribution is 6.17. The minimum absolute atomic E-state index is 0.0579. The quantitative estimate of drug-likeness (QED) is 0.357. The third-order valence-electron chi connectivity index (χ3n) is 2.36. The Kier molecular flexibility index (Phi) is 5.27. The van der Waals surface area contributed by atoms with Crippen LogP contribution < -0.4 is 0 Å². The Hall–Kier alpha value is -2.13. The summed E-state index contributed by atoms with van der Waals surface area (Å²) in [5.74, 6) is -0.484. The van der Waals surface area contributed by atoms with Crippen molar-refractivity contribution in [1.82, 2.24) is 0 Å². The monoisotopic (exact) mass is 282 g/mol. The number of hydrogen-bond donors (Lipinski definition) is 0. The Labute approximate surface area is 114 Å². The molecule has 0 aliphatic heterocycles. The van der Waals surface area contributed by atoms with Crippen LogP contribution in [0.2, 0.25) is 0 Å². The SMILES string of the molecule is CCOC(=O)Cc1cc(CCl)cc([N+](=O)[O-])c1C#N. The van der Waals surface area contributed by atoms with Gasteiger partial charge in [-0.15, -0.1) is 11.6 Å². The number of carbonyl (C=O) groups excluding carboxylic acids is 1. The van der Waals surface area contributed by atoms with Gasteiger partial charge in [-0.05, 0) is 18.1 Å². The average molecular weight is 283 g/mol. The van der Waals surface area contributed by atoms with Crippen LogP contribution in [-0.4, -0.2) is 17.5 Å². The molecule has 100 valence electrons. The number of benzene rings is 1. The standard InChI is InChI=1S/C12H11ClN2O4/c1-2-19-12(16)5-9-3-8(6-13)4-11(15(17)18)10(9)7-14/h3-4H,2,5-6H2,1H3. The Morgan fingerprint density at radius 3 is 2.74 bits per heavy atom. The van der Waals surface area contributed by atoms with Crippen LogP contribution in [0.5, 0.6) is 0 Å². The lowest BCUT2D eigenvalue weighted by Gasteiger charge is -2.07. The number of esters is 1. The van der Waals surface area contributed by atoms with Crippen LogP contribution in [0.1, 0.15) is 23.6 Å². The van der Waals surface area contributed by atoms with Gasteiger partial charge in [-0.2, -0.15) is 5.26 Å². The molecule has 1 aromatic rings. The number of nitrogens with zero attached hydrogens (tertiary/aromatic N) is 2. The maximum absolute atomic E-state index is 11.4. The van der Waals surface area contributed by atoms with Gasteiger partial charge in [-0.1, -0.05) is 6.07 Å². The Morgan fingerprint density at radius 1 is 1.58 bits per heavy atom. The summed E-state index contributed by atoms with van der Waals surface area (Å²) in [4.78, 5) is 21.7. The van der Waals surface area contributed by atoms with Crippen LogP contribution in [0.15, 0.2) is 12.1 Å². The van der Waals surface area contributed by atoms with Crippen molar-refractivity contribution in [1.29, 1.82) is 5.26 Å². The van der Waals surface area contributed by atoms with Crippen molar-refractivity contribution >= 4 is 23.3 Å². The molecule has 0 aliphatic carbocycles. The van der Waals surface area contributed by atoms with Gasteiger partial charge in [-0.25, -0.2) is 0 Å². The van der Waals surface area contributed by atoms with E-state index in [4.69, 9.17) is 21.6 Å². The summed E-state index contributed by atoms with van der Waals surface area (Å²) in [7, 11) is 0. The molecule has 0 saturated heterocycles. The van der Waals surface area contributed by atoms with Gasteiger partial charge in [0.2, 0.25) is 0 Å². The number of nitro benzene ring substituents is 1. The van der Waals surface area contributed by atoms with E-state index < -0.39 is 10.9 Å². The first-order chi connectivity index (χ1) is 9.03. The van der Waals surface area contributed by atoms with E-state index >= 15 is 0 Å². The van der Waals surface area contributed by atoms with Gasteiger partial charge in [0.25, 0.3) is 5.69 Å². The number of ether oxygens (including phenoxy) is 1. The molecule has 0 bridgehead atoms. The second-order valence-corrected chi connectivity index (χ2v) is 3.90. The Bertz CT molecular complexity index is 551. The number of nitro groups is 1. The fourth-order valence-electron chi connectivity index (χ4n) is 1.61. The van der Waals surface area contributed by atoms with Crippen molar-refractivity contribution in [2.75, 3.05) is 6.61 Å². The molecule has 0 heterocycles. The van der Waals surface area contributed by atoms with Crippen LogP contribution in [0.4, 0.5) is 5.69 Å². The third kappa shape index (κ3) is 3.66. The summed E-state index contributed by atoms with van der Waals surface area (Å²) in [5.41, 5.74) is 0.254. The maximum atomic E-state index is 11.4. The first-order valence-electron chi connectivity index (χ1n) is 5.45. The highest BCUT2D eigenvalue weighted by atomic mass is 35.5. The van der Waals surface area contributed by atoms with E-state index in [9.17, 15) is 14.9 Å². The highest BCUT2D eigenvalue weighted by Crippen LogP contribution is 2.25. The molecular formula is C12H11ClN2O4. The first-order valence-corrected chi connectivity index (χ1v) is 5.98. The van der Waals surface area contributed by atoms with Crippen LogP contribution in [0.3, 0.4) is 0 Å². The number of nitriles is 1. The second kappa shape index (κ2) is 6.71. The van der Waals surface area contributed by atoms with Crippen LogP contribution >= 0.6 is 11.6 Å². The van der Waals surface area contributed by atoms with Crippen LogP contribution in [0.25, 0.3) is 0 Å². The summed E-state index contributed by atoms with van der Waals surface area (Å²) >= 11 is 5.65. The lowest BCUT2D eigenvalue weighted by Crippen LogP contribution is -2.10. The number of alkyl halides is 1. The normalized spacial score (nSPS) is 9.74. The molecule has 0 amide bonds. The summed E-state index contributed by atoms with van der Waals surface area (Å²) < 4.78 is 4.77. The number of carbonyl (C=O) groups is 1. The van der Waals surface area contributed by atoms with Crippen molar-refractivity contribution in [3.63, 3.8) is 0 Å². The predicted octanol–water partition coefficient (Wildman–Crippen LogP) is 2.31. The molecule has 0 spiro atoms. The summed E-state index contributed by atoms with van der Waals surface area (Å²) in [6, 6.07) is 4.50. The van der Waals surface area contributed by atoms with Crippen molar-refractivity contribution in [2.24, 2.45) is 0 Å². The van der Waals surface area contributed by atoms with Gasteiger partial charge in [0.1, 0.15) is 11.6 Å². The summed E-state index contributed by atoms with van der Waals surface area (Å²) in [6.45, 7) is 1.86. The highest BCUT2D eigenvalue weighted by Gasteiger charge is 2.21. The van der Waals surface area contributed by atoms with Gasteiger partial charge in [0.05, 0.1) is 18.0 Å². The van der Waals surface area contributed by atoms with Gasteiger partial charge in [0, 0.05) is 11.9 Å². The molecule has 0 aromatic heterocycles. The van der Waals surface area contributed by atoms with Gasteiger partial charge < -0.3 is 4.74 Å². The summed E-state index contributed by atoms with van der Waals surface area (Å²) in [6.07, 6.45) is -0.192. The molecule has 0 atom stereocenters. The zero-order valence-electron chi connectivity index (χ0n) is 10.2. The third-order valence-corrected chi connectivity index (χ3v) is 2.67. The fourth-order valence-corrected chi connectivity index (χ4v) is 1.76. The predicted molar refractivity (Wildman–Crippen MR) is 67.7 cm³/mol. The van der Waals surface area contributed by atoms with Gasteiger partial charge in [-0.3, -0.25) is 14.9 Å². The number of halogens is 1. The molecule has 6 nitrogen and oxygen atoms in total. The van der Waals surface area contributed by atoms with Crippen molar-refractivity contribution in [3.8, 4) is 6.07 Å². The minimum atomic E-state index is -0.663. The lowest BCUT2D eigenvalue weighted by molar-refractivity contribution is -0.385. The topological polar surface area (TPSA) is 93.2 Å². The van der Waals surface area contributed by atoms with Gasteiger partial charge in [0.15, 0.2) is 0 Å². The van der Waals surface area contributed by atoms with E-state index in [1.807, 2.05) is 0 Å². The van der Waals surface area contributed by atoms with Gasteiger partial charge >= 0.3 is 5.97 Å². The molecule has 1 rings (SSSR count). The second-order valence-electron chi connectivity index (χ2n) is 3.63. The molecule has 0 fully saturated rings. The van der Waals surface area contributed by atoms with Crippen LogP contribution in [0, 0.1) is 21.4 Å². The Balaban J connectivity index is 3.28. The van der Waals surface area contributed by atoms with Crippen LogP contribution in [-0.2, 0) is 21.8 Å². The minimum Gasteiger partial charge on any atom is -0.466 e. The largest absolute Gasteiger partial charge is 0.466 e. The van der Waals surface area contributed by atoms with E-state index in [0.717, 1.165) is 0 Å². The molecule has 0 saturated carbocycles. The maximum Gasteiger partial charge on any atom is 0.310 e. The molecule has 0 radical (unpaired) electrons. The molecule has 0 N–H and O–H groups in total. The van der Waals surface area contributed by atoms with E-state index in [0.29, 0.717) is 5.56 Å². The first kappa shape index (κ1) is 14.9. The fraction of sp³-hybridized carbons (Fsp3) is 0.333. The van der Waals surface area contributed by atoms with E-state index in [-0.39, 0.29) is 35.7 Å². The molecule has 7 heteroatoms. The van der Waals surface area contributed by atoms with Crippen molar-refractivity contribution in [2.45, 2.75) is 19.2 Å². The molecule has 19 heavy (non-hydrogen) atoms. The molecule has 0 unspecified atom stereocenters. The van der Waals surface area contributed by atoms with E-state index in [2.05, 4.69) is 0 Å².